The van der Waals surface area contributed by atoms with E-state index in [1.54, 1.807) is 24.5 Å². The van der Waals surface area contributed by atoms with Gasteiger partial charge in [-0.15, -0.1) is 0 Å². The second-order valence-electron chi connectivity index (χ2n) is 11.3. The van der Waals surface area contributed by atoms with Crippen LogP contribution in [0.2, 0.25) is 10.0 Å². The van der Waals surface area contributed by atoms with Crippen LogP contribution in [0.4, 0.5) is 17.3 Å². The predicted octanol–water partition coefficient (Wildman–Crippen LogP) is 6.08. The zero-order valence-electron chi connectivity index (χ0n) is 26.6. The summed E-state index contributed by atoms with van der Waals surface area (Å²) in [6.45, 7) is 3.60. The van der Waals surface area contributed by atoms with Crippen molar-refractivity contribution in [3.63, 3.8) is 0 Å². The van der Waals surface area contributed by atoms with E-state index >= 15 is 0 Å². The molecule has 6 rings (SSSR count). The molecule has 5 aromatic rings. The minimum Gasteiger partial charge on any atom is -0.495 e. The van der Waals surface area contributed by atoms with Crippen LogP contribution in [0.5, 0.6) is 11.5 Å². The summed E-state index contributed by atoms with van der Waals surface area (Å²) in [5.74, 6) is 1.22. The molecule has 0 bridgehead atoms. The summed E-state index contributed by atoms with van der Waals surface area (Å²) in [6, 6.07) is 9.62. The third-order valence-corrected chi connectivity index (χ3v) is 8.65. The number of aromatic nitrogens is 4. The standard InChI is InChI=1S/C34H35Cl2N7O4/c1-41(2)10-5-6-24(44)17-21-16-23(42-12-14-47-15-13-42)7-8-26(21)39-34-38-20-22-18-25(33-37-9-11-43(33)32(22)40-34)29-30(35)27(45-3)19-28(46-4)31(29)36/h5-9,11,16,18-20H,10,12-15,17H2,1-4H3,(H,38,39,40)/b6-5+. The van der Waals surface area contributed by atoms with Gasteiger partial charge in [0.25, 0.3) is 0 Å². The normalized spacial score (nSPS) is 13.6. The summed E-state index contributed by atoms with van der Waals surface area (Å²) in [5.41, 5.74) is 5.03. The number of likely N-dealkylation sites (N-methyl/N-ethyl adjacent to an activating group) is 1. The highest BCUT2D eigenvalue weighted by molar-refractivity contribution is 6.41. The van der Waals surface area contributed by atoms with Crippen molar-refractivity contribution in [3.05, 3.63) is 76.7 Å². The topological polar surface area (TPSA) is 106 Å². The molecule has 11 nitrogen and oxygen atoms in total. The molecule has 0 spiro atoms. The summed E-state index contributed by atoms with van der Waals surface area (Å²) < 4.78 is 18.4. The van der Waals surface area contributed by atoms with Gasteiger partial charge in [-0.3, -0.25) is 9.20 Å². The first kappa shape index (κ1) is 32.5. The summed E-state index contributed by atoms with van der Waals surface area (Å²) in [6.07, 6.45) is 8.97. The Morgan fingerprint density at radius 1 is 1.04 bits per heavy atom. The van der Waals surface area contributed by atoms with E-state index < -0.39 is 0 Å². The Morgan fingerprint density at radius 2 is 1.79 bits per heavy atom. The van der Waals surface area contributed by atoms with Gasteiger partial charge in [-0.05, 0) is 50.0 Å². The monoisotopic (exact) mass is 675 g/mol. The third-order valence-electron chi connectivity index (χ3n) is 7.90. The molecule has 0 atom stereocenters. The Bertz CT molecular complexity index is 1940. The number of anilines is 3. The molecular formula is C34H35Cl2N7O4. The Hall–Kier alpha value is -4.42. The van der Waals surface area contributed by atoms with Gasteiger partial charge in [0.1, 0.15) is 17.1 Å². The number of benzene rings is 2. The Morgan fingerprint density at radius 3 is 2.49 bits per heavy atom. The molecule has 2 aromatic carbocycles. The molecule has 4 heterocycles. The van der Waals surface area contributed by atoms with Crippen LogP contribution in [0.25, 0.3) is 27.8 Å². The van der Waals surface area contributed by atoms with Crippen molar-refractivity contribution in [3.8, 4) is 22.6 Å². The molecule has 47 heavy (non-hydrogen) atoms. The maximum absolute atomic E-state index is 13.0. The fourth-order valence-electron chi connectivity index (χ4n) is 5.57. The van der Waals surface area contributed by atoms with Crippen LogP contribution in [-0.2, 0) is 16.0 Å². The van der Waals surface area contributed by atoms with E-state index in [4.69, 9.17) is 42.4 Å². The summed E-state index contributed by atoms with van der Waals surface area (Å²) in [4.78, 5) is 31.4. The van der Waals surface area contributed by atoms with E-state index in [0.717, 1.165) is 35.4 Å². The number of morpholine rings is 1. The van der Waals surface area contributed by atoms with Gasteiger partial charge in [-0.1, -0.05) is 29.3 Å². The fourth-order valence-corrected chi connectivity index (χ4v) is 6.27. The van der Waals surface area contributed by atoms with Crippen molar-refractivity contribution in [2.24, 2.45) is 0 Å². The molecule has 0 amide bonds. The number of hydrogen-bond donors (Lipinski definition) is 1. The molecule has 1 aliphatic heterocycles. The molecule has 244 valence electrons. The largest absolute Gasteiger partial charge is 0.495 e. The average Bonchev–Trinajstić information content (AvgIpc) is 3.57. The molecule has 13 heteroatoms. The van der Waals surface area contributed by atoms with Crippen LogP contribution in [0.1, 0.15) is 5.56 Å². The van der Waals surface area contributed by atoms with E-state index in [0.29, 0.717) is 69.7 Å². The summed E-state index contributed by atoms with van der Waals surface area (Å²) in [5, 5.41) is 4.77. The maximum atomic E-state index is 13.0. The molecule has 1 fully saturated rings. The number of carbonyl (C=O) groups excluding carboxylic acids is 1. The predicted molar refractivity (Wildman–Crippen MR) is 186 cm³/mol. The molecule has 0 radical (unpaired) electrons. The van der Waals surface area contributed by atoms with Gasteiger partial charge in [0, 0.05) is 78.6 Å². The Kier molecular flexibility index (Phi) is 9.79. The first-order chi connectivity index (χ1) is 22.8. The Balaban J connectivity index is 1.38. The van der Waals surface area contributed by atoms with Crippen LogP contribution < -0.4 is 19.7 Å². The van der Waals surface area contributed by atoms with Crippen molar-refractivity contribution in [1.29, 1.82) is 0 Å². The van der Waals surface area contributed by atoms with E-state index in [1.165, 1.54) is 14.2 Å². The van der Waals surface area contributed by atoms with Gasteiger partial charge in [-0.25, -0.2) is 9.97 Å². The van der Waals surface area contributed by atoms with Gasteiger partial charge < -0.3 is 29.3 Å². The smallest absolute Gasteiger partial charge is 0.229 e. The number of hydrogen-bond acceptors (Lipinski definition) is 10. The molecule has 0 unspecified atom stereocenters. The van der Waals surface area contributed by atoms with Crippen LogP contribution in [0, 0.1) is 0 Å². The van der Waals surface area contributed by atoms with Crippen LogP contribution in [0.15, 0.2) is 61.1 Å². The van der Waals surface area contributed by atoms with Gasteiger partial charge in [0.05, 0.1) is 37.5 Å². The number of ketones is 1. The number of ether oxygens (including phenoxy) is 3. The number of methoxy groups -OCH3 is 2. The highest BCUT2D eigenvalue weighted by atomic mass is 35.5. The van der Waals surface area contributed by atoms with E-state index in [2.05, 4.69) is 26.3 Å². The van der Waals surface area contributed by atoms with E-state index in [-0.39, 0.29) is 12.2 Å². The number of nitrogens with zero attached hydrogens (tertiary/aromatic N) is 6. The second kappa shape index (κ2) is 14.1. The van der Waals surface area contributed by atoms with Crippen molar-refractivity contribution < 1.29 is 19.0 Å². The number of rotatable bonds is 11. The molecule has 3 aromatic heterocycles. The molecule has 1 saturated heterocycles. The number of halogens is 2. The van der Waals surface area contributed by atoms with Crippen molar-refractivity contribution in [2.75, 3.05) is 71.4 Å². The third kappa shape index (κ3) is 6.84. The number of fused-ring (bicyclic) bond motifs is 3. The van der Waals surface area contributed by atoms with Crippen molar-refractivity contribution in [2.45, 2.75) is 6.42 Å². The van der Waals surface area contributed by atoms with Crippen LogP contribution in [0.3, 0.4) is 0 Å². The van der Waals surface area contributed by atoms with Crippen molar-refractivity contribution >= 4 is 63.0 Å². The SMILES string of the molecule is COc1cc(OC)c(Cl)c(-c2cc3cnc(Nc4ccc(N5CCOCC5)cc4CC(=O)/C=C/CN(C)C)nc3n3ccnc23)c1Cl. The van der Waals surface area contributed by atoms with Crippen LogP contribution in [-0.4, -0.2) is 91.2 Å². The zero-order valence-corrected chi connectivity index (χ0v) is 28.1. The fraction of sp³-hybridized carbons (Fsp3) is 0.294. The van der Waals surface area contributed by atoms with E-state index in [1.807, 2.05) is 53.9 Å². The van der Waals surface area contributed by atoms with Gasteiger partial charge in [0.2, 0.25) is 5.95 Å². The highest BCUT2D eigenvalue weighted by Gasteiger charge is 2.23. The molecule has 0 saturated carbocycles. The zero-order chi connectivity index (χ0) is 33.1. The van der Waals surface area contributed by atoms with Gasteiger partial charge in [-0.2, -0.15) is 4.98 Å². The lowest BCUT2D eigenvalue weighted by atomic mass is 10.0. The lowest BCUT2D eigenvalue weighted by Gasteiger charge is -2.29. The molecule has 1 aliphatic rings. The number of allylic oxidation sites excluding steroid dienone is 1. The summed E-state index contributed by atoms with van der Waals surface area (Å²) in [7, 11) is 6.99. The Labute approximate surface area is 282 Å². The minimum absolute atomic E-state index is 0.00704. The lowest BCUT2D eigenvalue weighted by Crippen LogP contribution is -2.36. The first-order valence-corrected chi connectivity index (χ1v) is 15.8. The molecule has 1 N–H and O–H groups in total. The van der Waals surface area contributed by atoms with Gasteiger partial charge in [0.15, 0.2) is 11.4 Å². The maximum Gasteiger partial charge on any atom is 0.229 e. The van der Waals surface area contributed by atoms with Crippen LogP contribution >= 0.6 is 23.2 Å². The first-order valence-electron chi connectivity index (χ1n) is 15.1. The quantitative estimate of drug-likeness (QED) is 0.166. The van der Waals surface area contributed by atoms with Gasteiger partial charge >= 0.3 is 0 Å². The van der Waals surface area contributed by atoms with E-state index in [9.17, 15) is 4.79 Å². The second-order valence-corrected chi connectivity index (χ2v) is 12.1. The minimum atomic E-state index is 0.00704. The van der Waals surface area contributed by atoms with Crippen molar-refractivity contribution in [1.82, 2.24) is 24.3 Å². The number of carbonyl (C=O) groups is 1. The number of imidazole rings is 1. The lowest BCUT2D eigenvalue weighted by molar-refractivity contribution is -0.114. The number of pyridine rings is 1. The molecule has 0 aliphatic carbocycles. The summed E-state index contributed by atoms with van der Waals surface area (Å²) >= 11 is 13.6. The number of nitrogens with one attached hydrogen (secondary N) is 1. The average molecular weight is 677 g/mol. The highest BCUT2D eigenvalue weighted by Crippen LogP contribution is 2.47. The molecular weight excluding hydrogens is 641 g/mol.